The molecule has 0 amide bonds. The van der Waals surface area contributed by atoms with Gasteiger partial charge in [0.05, 0.1) is 0 Å². The molecule has 0 aliphatic rings. The van der Waals surface area contributed by atoms with E-state index < -0.39 is 0 Å². The van der Waals surface area contributed by atoms with E-state index >= 15 is 0 Å². The molecule has 0 bridgehead atoms. The van der Waals surface area contributed by atoms with E-state index in [0.29, 0.717) is 11.9 Å². The third kappa shape index (κ3) is 3.21. The van der Waals surface area contributed by atoms with Crippen molar-refractivity contribution in [2.24, 2.45) is 16.8 Å². The Balaban J connectivity index is 2.13. The van der Waals surface area contributed by atoms with Crippen molar-refractivity contribution in [3.05, 3.63) is 29.6 Å². The molecule has 0 spiro atoms. The molecule has 0 unspecified atom stereocenters. The fourth-order valence-corrected chi connectivity index (χ4v) is 2.35. The maximum absolute atomic E-state index is 5.46. The minimum atomic E-state index is 0.509. The lowest BCUT2D eigenvalue weighted by Crippen LogP contribution is -2.36. The molecule has 0 saturated carbocycles. The quantitative estimate of drug-likeness (QED) is 0.345. The highest BCUT2D eigenvalue weighted by atomic mass is 32.1. The molecule has 18 heavy (non-hydrogen) atoms. The van der Waals surface area contributed by atoms with Crippen LogP contribution in [0.5, 0.6) is 0 Å². The number of benzene rings is 1. The second kappa shape index (κ2) is 5.84. The Hall–Kier alpha value is -1.59. The molecule has 0 radical (unpaired) electrons. The van der Waals surface area contributed by atoms with Crippen LogP contribution in [0.3, 0.4) is 0 Å². The van der Waals surface area contributed by atoms with Crippen molar-refractivity contribution in [1.82, 2.24) is 5.43 Å². The summed E-state index contributed by atoms with van der Waals surface area (Å²) in [5.74, 6) is 6.56. The Bertz CT molecular complexity index is 545. The van der Waals surface area contributed by atoms with Gasteiger partial charge in [0, 0.05) is 16.9 Å². The van der Waals surface area contributed by atoms with Crippen LogP contribution in [0.15, 0.2) is 34.6 Å². The molecule has 96 valence electrons. The van der Waals surface area contributed by atoms with Crippen molar-refractivity contribution in [3.8, 4) is 0 Å². The molecule has 0 aliphatic carbocycles. The van der Waals surface area contributed by atoms with Crippen molar-refractivity contribution in [2.75, 3.05) is 11.9 Å². The highest BCUT2D eigenvalue weighted by molar-refractivity contribution is 7.17. The Morgan fingerprint density at radius 1 is 1.39 bits per heavy atom. The van der Waals surface area contributed by atoms with Crippen molar-refractivity contribution < 1.29 is 0 Å². The summed E-state index contributed by atoms with van der Waals surface area (Å²) in [5, 5.41) is 6.50. The first-order chi connectivity index (χ1) is 8.69. The van der Waals surface area contributed by atoms with Crippen LogP contribution in [0, 0.1) is 5.92 Å². The van der Waals surface area contributed by atoms with Crippen molar-refractivity contribution in [3.63, 3.8) is 0 Å². The van der Waals surface area contributed by atoms with Gasteiger partial charge in [0.25, 0.3) is 0 Å². The summed E-state index contributed by atoms with van der Waals surface area (Å²) in [6.07, 6.45) is 0. The first-order valence-corrected chi connectivity index (χ1v) is 6.82. The highest BCUT2D eigenvalue weighted by Gasteiger charge is 2.01. The zero-order valence-electron chi connectivity index (χ0n) is 10.6. The summed E-state index contributed by atoms with van der Waals surface area (Å²) in [6, 6.07) is 8.32. The Morgan fingerprint density at radius 3 is 2.94 bits per heavy atom. The van der Waals surface area contributed by atoms with Crippen LogP contribution in [0.1, 0.15) is 13.8 Å². The lowest BCUT2D eigenvalue weighted by molar-refractivity contribution is 0.663. The lowest BCUT2D eigenvalue weighted by atomic mass is 10.2. The standard InChI is InChI=1S/C13H18N4S/c1-9(2)8-15-13(17-14)16-11-3-4-12-10(7-11)5-6-18-12/h3-7,9H,8,14H2,1-2H3,(H2,15,16,17). The van der Waals surface area contributed by atoms with Gasteiger partial charge in [-0.1, -0.05) is 13.8 Å². The monoisotopic (exact) mass is 262 g/mol. The van der Waals surface area contributed by atoms with Gasteiger partial charge in [0.1, 0.15) is 0 Å². The summed E-state index contributed by atoms with van der Waals surface area (Å²) < 4.78 is 1.28. The van der Waals surface area contributed by atoms with Gasteiger partial charge in [-0.25, -0.2) is 5.84 Å². The maximum Gasteiger partial charge on any atom is 0.210 e. The van der Waals surface area contributed by atoms with Crippen LogP contribution in [-0.2, 0) is 0 Å². The SMILES string of the molecule is CC(C)CN=C(NN)Nc1ccc2sccc2c1. The first kappa shape index (κ1) is 12.9. The number of anilines is 1. The molecule has 5 heteroatoms. The molecule has 1 aromatic carbocycles. The average molecular weight is 262 g/mol. The third-order valence-electron chi connectivity index (χ3n) is 2.47. The number of thiophene rings is 1. The van der Waals surface area contributed by atoms with E-state index in [-0.39, 0.29) is 0 Å². The van der Waals surface area contributed by atoms with Gasteiger partial charge in [-0.15, -0.1) is 11.3 Å². The fourth-order valence-electron chi connectivity index (χ4n) is 1.58. The lowest BCUT2D eigenvalue weighted by Gasteiger charge is -2.10. The summed E-state index contributed by atoms with van der Waals surface area (Å²) >= 11 is 1.74. The number of rotatable bonds is 3. The van der Waals surface area contributed by atoms with Gasteiger partial charge >= 0.3 is 0 Å². The highest BCUT2D eigenvalue weighted by Crippen LogP contribution is 2.23. The van der Waals surface area contributed by atoms with Gasteiger partial charge < -0.3 is 5.32 Å². The number of nitrogens with one attached hydrogen (secondary N) is 2. The van der Waals surface area contributed by atoms with Gasteiger partial charge in [-0.05, 0) is 40.9 Å². The summed E-state index contributed by atoms with van der Waals surface area (Å²) in [7, 11) is 0. The Kier molecular flexibility index (Phi) is 4.17. The number of nitrogens with two attached hydrogens (primary N) is 1. The van der Waals surface area contributed by atoms with Gasteiger partial charge in [0.2, 0.25) is 5.96 Å². The first-order valence-electron chi connectivity index (χ1n) is 5.94. The van der Waals surface area contributed by atoms with Crippen LogP contribution < -0.4 is 16.6 Å². The van der Waals surface area contributed by atoms with E-state index in [4.69, 9.17) is 5.84 Å². The molecule has 4 N–H and O–H groups in total. The van der Waals surface area contributed by atoms with Gasteiger partial charge in [0.15, 0.2) is 0 Å². The number of nitrogens with zero attached hydrogens (tertiary/aromatic N) is 1. The summed E-state index contributed by atoms with van der Waals surface area (Å²) in [6.45, 7) is 4.98. The average Bonchev–Trinajstić information content (AvgIpc) is 2.81. The molecule has 2 rings (SSSR count). The smallest absolute Gasteiger partial charge is 0.210 e. The molecule has 0 aliphatic heterocycles. The zero-order valence-corrected chi connectivity index (χ0v) is 11.4. The summed E-state index contributed by atoms with van der Waals surface area (Å²) in [4.78, 5) is 4.38. The predicted molar refractivity (Wildman–Crippen MR) is 79.9 cm³/mol. The molecule has 0 fully saturated rings. The van der Waals surface area contributed by atoms with Gasteiger partial charge in [-0.3, -0.25) is 10.4 Å². The number of aliphatic imine (C=N–C) groups is 1. The predicted octanol–water partition coefficient (Wildman–Crippen LogP) is 2.79. The molecular formula is C13H18N4S. The topological polar surface area (TPSA) is 62.4 Å². The van der Waals surface area contributed by atoms with Crippen LogP contribution in [0.4, 0.5) is 5.69 Å². The minimum absolute atomic E-state index is 0.509. The van der Waals surface area contributed by atoms with Crippen molar-refractivity contribution >= 4 is 33.1 Å². The second-order valence-electron chi connectivity index (χ2n) is 4.53. The minimum Gasteiger partial charge on any atom is -0.325 e. The molecule has 0 saturated heterocycles. The van der Waals surface area contributed by atoms with Crippen LogP contribution in [0.25, 0.3) is 10.1 Å². The molecule has 1 heterocycles. The van der Waals surface area contributed by atoms with Crippen LogP contribution >= 0.6 is 11.3 Å². The van der Waals surface area contributed by atoms with E-state index in [1.807, 2.05) is 6.07 Å². The molecule has 2 aromatic rings. The summed E-state index contributed by atoms with van der Waals surface area (Å²) in [5.41, 5.74) is 3.58. The number of hydrogen-bond acceptors (Lipinski definition) is 3. The largest absolute Gasteiger partial charge is 0.325 e. The number of guanidine groups is 1. The van der Waals surface area contributed by atoms with Crippen LogP contribution in [-0.4, -0.2) is 12.5 Å². The van der Waals surface area contributed by atoms with Crippen molar-refractivity contribution in [2.45, 2.75) is 13.8 Å². The molecule has 1 aromatic heterocycles. The van der Waals surface area contributed by atoms with Crippen molar-refractivity contribution in [1.29, 1.82) is 0 Å². The number of hydrogen-bond donors (Lipinski definition) is 3. The van der Waals surface area contributed by atoms with Crippen LogP contribution in [0.2, 0.25) is 0 Å². The number of hydrazine groups is 1. The van der Waals surface area contributed by atoms with Gasteiger partial charge in [-0.2, -0.15) is 0 Å². The molecular weight excluding hydrogens is 244 g/mol. The van der Waals surface area contributed by atoms with E-state index in [9.17, 15) is 0 Å². The second-order valence-corrected chi connectivity index (χ2v) is 5.47. The number of fused-ring (bicyclic) bond motifs is 1. The normalized spacial score (nSPS) is 12.1. The van der Waals surface area contributed by atoms with E-state index in [2.05, 4.69) is 53.2 Å². The van der Waals surface area contributed by atoms with E-state index in [0.717, 1.165) is 12.2 Å². The maximum atomic E-state index is 5.46. The zero-order chi connectivity index (χ0) is 13.0. The molecule has 0 atom stereocenters. The Morgan fingerprint density at radius 2 is 2.22 bits per heavy atom. The third-order valence-corrected chi connectivity index (χ3v) is 3.36. The Labute approximate surface area is 111 Å². The fraction of sp³-hybridized carbons (Fsp3) is 0.308. The van der Waals surface area contributed by atoms with E-state index in [1.54, 1.807) is 11.3 Å². The van der Waals surface area contributed by atoms with E-state index in [1.165, 1.54) is 10.1 Å². The molecule has 4 nitrogen and oxygen atoms in total.